The van der Waals surface area contributed by atoms with Crippen molar-refractivity contribution in [1.29, 1.82) is 0 Å². The van der Waals surface area contributed by atoms with Crippen LogP contribution in [0.15, 0.2) is 48.5 Å². The van der Waals surface area contributed by atoms with Gasteiger partial charge in [0.2, 0.25) is 5.91 Å². The van der Waals surface area contributed by atoms with E-state index in [0.29, 0.717) is 30.2 Å². The van der Waals surface area contributed by atoms with Crippen molar-refractivity contribution >= 4 is 29.2 Å². The minimum absolute atomic E-state index is 0.0274. The number of urea groups is 1. The molecule has 1 aliphatic rings. The van der Waals surface area contributed by atoms with Gasteiger partial charge in [0, 0.05) is 29.7 Å². The minimum Gasteiger partial charge on any atom is -0.497 e. The number of benzene rings is 2. The number of anilines is 1. The Morgan fingerprint density at radius 1 is 1.17 bits per heavy atom. The highest BCUT2D eigenvalue weighted by Crippen LogP contribution is 2.30. The average Bonchev–Trinajstić information content (AvgIpc) is 2.75. The molecule has 7 nitrogen and oxygen atoms in total. The molecule has 0 unspecified atom stereocenters. The highest BCUT2D eigenvalue weighted by molar-refractivity contribution is 6.30. The summed E-state index contributed by atoms with van der Waals surface area (Å²) in [7, 11) is 1.61. The smallest absolute Gasteiger partial charge is 0.319 e. The van der Waals surface area contributed by atoms with Gasteiger partial charge in [-0.3, -0.25) is 4.79 Å². The first-order chi connectivity index (χ1) is 14.0. The largest absolute Gasteiger partial charge is 0.497 e. The van der Waals surface area contributed by atoms with Gasteiger partial charge in [0.1, 0.15) is 12.4 Å². The Balaban J connectivity index is 1.74. The Hall–Kier alpha value is -2.77. The summed E-state index contributed by atoms with van der Waals surface area (Å²) in [6.45, 7) is 0.300. The lowest BCUT2D eigenvalue weighted by Crippen LogP contribution is -2.54. The summed E-state index contributed by atoms with van der Waals surface area (Å²) < 4.78 is 5.22. The molecule has 1 fully saturated rings. The summed E-state index contributed by atoms with van der Waals surface area (Å²) in [5.41, 5.74) is 1.67. The molecular formula is C21H24ClN3O4. The molecule has 0 saturated carbocycles. The summed E-state index contributed by atoms with van der Waals surface area (Å²) in [6, 6.07) is 13.8. The Morgan fingerprint density at radius 3 is 2.48 bits per heavy atom. The number of aliphatic hydroxyl groups excluding tert-OH is 1. The molecule has 1 saturated heterocycles. The maximum absolute atomic E-state index is 12.6. The molecule has 3 rings (SSSR count). The summed E-state index contributed by atoms with van der Waals surface area (Å²) in [6.07, 6.45) is 0.671. The van der Waals surface area contributed by atoms with Crippen LogP contribution in [-0.2, 0) is 4.79 Å². The van der Waals surface area contributed by atoms with Crippen LogP contribution in [0, 0.1) is 0 Å². The molecule has 0 aliphatic carbocycles. The van der Waals surface area contributed by atoms with Crippen molar-refractivity contribution < 1.29 is 19.4 Å². The number of rotatable bonds is 5. The van der Waals surface area contributed by atoms with Crippen LogP contribution >= 0.6 is 11.6 Å². The number of methoxy groups -OCH3 is 1. The second kappa shape index (κ2) is 9.62. The van der Waals surface area contributed by atoms with Gasteiger partial charge in [-0.2, -0.15) is 0 Å². The molecule has 2 aromatic rings. The normalized spacial score (nSPS) is 18.8. The van der Waals surface area contributed by atoms with Crippen molar-refractivity contribution in [1.82, 2.24) is 10.2 Å². The lowest BCUT2D eigenvalue weighted by atomic mass is 9.85. The lowest BCUT2D eigenvalue weighted by molar-refractivity contribution is -0.135. The topological polar surface area (TPSA) is 90.9 Å². The van der Waals surface area contributed by atoms with E-state index in [1.165, 1.54) is 0 Å². The van der Waals surface area contributed by atoms with E-state index in [0.717, 1.165) is 11.3 Å². The molecule has 1 heterocycles. The van der Waals surface area contributed by atoms with Crippen LogP contribution in [0.3, 0.4) is 0 Å². The highest BCUT2D eigenvalue weighted by atomic mass is 35.5. The second-order valence-corrected chi connectivity index (χ2v) is 7.31. The number of carbonyl (C=O) groups excluding carboxylic acids is 2. The Morgan fingerprint density at radius 2 is 1.86 bits per heavy atom. The van der Waals surface area contributed by atoms with E-state index in [1.54, 1.807) is 36.3 Å². The quantitative estimate of drug-likeness (QED) is 0.697. The molecule has 2 atom stereocenters. The summed E-state index contributed by atoms with van der Waals surface area (Å²) in [5.74, 6) is 0.439. The maximum atomic E-state index is 12.6. The van der Waals surface area contributed by atoms with E-state index in [9.17, 15) is 14.7 Å². The zero-order chi connectivity index (χ0) is 20.8. The van der Waals surface area contributed by atoms with Crippen molar-refractivity contribution in [3.63, 3.8) is 0 Å². The fourth-order valence-electron chi connectivity index (χ4n) is 3.54. The first-order valence-electron chi connectivity index (χ1n) is 9.36. The molecule has 3 N–H and O–H groups in total. The molecular weight excluding hydrogens is 394 g/mol. The minimum atomic E-state index is -0.545. The standard InChI is InChI=1S/C21H24ClN3O4/c1-29-17-8-2-14(3-9-17)18-10-11-25(20(27)13-26)12-19(18)24-21(28)23-16-6-4-15(22)5-7-16/h2-9,18-19,26H,10-13H2,1H3,(H2,23,24,28)/t18-,19+/m1/s1. The van der Waals surface area contributed by atoms with Crippen LogP contribution in [0.4, 0.5) is 10.5 Å². The predicted octanol–water partition coefficient (Wildman–Crippen LogP) is 2.85. The summed E-state index contributed by atoms with van der Waals surface area (Å²) in [5, 5.41) is 15.5. The average molecular weight is 418 g/mol. The fourth-order valence-corrected chi connectivity index (χ4v) is 3.67. The van der Waals surface area contributed by atoms with Crippen molar-refractivity contribution in [2.24, 2.45) is 0 Å². The van der Waals surface area contributed by atoms with Gasteiger partial charge in [0.15, 0.2) is 0 Å². The predicted molar refractivity (Wildman–Crippen MR) is 111 cm³/mol. The number of aliphatic hydroxyl groups is 1. The van der Waals surface area contributed by atoms with E-state index in [-0.39, 0.29) is 23.9 Å². The molecule has 3 amide bonds. The number of likely N-dealkylation sites (tertiary alicyclic amines) is 1. The molecule has 0 bridgehead atoms. The molecule has 154 valence electrons. The zero-order valence-electron chi connectivity index (χ0n) is 16.1. The number of ether oxygens (including phenoxy) is 1. The van der Waals surface area contributed by atoms with E-state index >= 15 is 0 Å². The summed E-state index contributed by atoms with van der Waals surface area (Å²) >= 11 is 5.88. The van der Waals surface area contributed by atoms with E-state index in [1.807, 2.05) is 24.3 Å². The van der Waals surface area contributed by atoms with Crippen molar-refractivity contribution in [3.05, 3.63) is 59.1 Å². The first kappa shape index (κ1) is 21.0. The molecule has 1 aliphatic heterocycles. The van der Waals surface area contributed by atoms with Crippen molar-refractivity contribution in [2.45, 2.75) is 18.4 Å². The number of hydrogen-bond donors (Lipinski definition) is 3. The number of amides is 3. The van der Waals surface area contributed by atoms with Gasteiger partial charge in [0.25, 0.3) is 0 Å². The SMILES string of the molecule is COc1ccc([C@H]2CCN(C(=O)CO)C[C@@H]2NC(=O)Nc2ccc(Cl)cc2)cc1. The highest BCUT2D eigenvalue weighted by Gasteiger charge is 2.33. The molecule has 2 aromatic carbocycles. The third-order valence-electron chi connectivity index (χ3n) is 5.06. The zero-order valence-corrected chi connectivity index (χ0v) is 16.9. The van der Waals surface area contributed by atoms with Crippen LogP contribution in [0.1, 0.15) is 17.9 Å². The number of nitrogens with zero attached hydrogens (tertiary/aromatic N) is 1. The monoisotopic (exact) mass is 417 g/mol. The van der Waals surface area contributed by atoms with E-state index < -0.39 is 6.61 Å². The molecule has 29 heavy (non-hydrogen) atoms. The molecule has 0 aromatic heterocycles. The van der Waals surface area contributed by atoms with Crippen LogP contribution in [0.2, 0.25) is 5.02 Å². The maximum Gasteiger partial charge on any atom is 0.319 e. The Labute approximate surface area is 174 Å². The lowest BCUT2D eigenvalue weighted by Gasteiger charge is -2.39. The van der Waals surface area contributed by atoms with Gasteiger partial charge in [-0.15, -0.1) is 0 Å². The second-order valence-electron chi connectivity index (χ2n) is 6.88. The van der Waals surface area contributed by atoms with Crippen molar-refractivity contribution in [2.75, 3.05) is 32.1 Å². The van der Waals surface area contributed by atoms with Gasteiger partial charge in [-0.1, -0.05) is 23.7 Å². The molecule has 8 heteroatoms. The van der Waals surface area contributed by atoms with Crippen LogP contribution in [0.5, 0.6) is 5.75 Å². The van der Waals surface area contributed by atoms with E-state index in [4.69, 9.17) is 16.3 Å². The van der Waals surface area contributed by atoms with Crippen molar-refractivity contribution in [3.8, 4) is 5.75 Å². The molecule has 0 radical (unpaired) electrons. The number of carbonyl (C=O) groups is 2. The third kappa shape index (κ3) is 5.40. The van der Waals surface area contributed by atoms with Crippen LogP contribution in [0.25, 0.3) is 0 Å². The van der Waals surface area contributed by atoms with Crippen LogP contribution < -0.4 is 15.4 Å². The number of halogens is 1. The van der Waals surface area contributed by atoms with Gasteiger partial charge in [-0.25, -0.2) is 4.79 Å². The Bertz CT molecular complexity index is 842. The third-order valence-corrected chi connectivity index (χ3v) is 5.32. The van der Waals surface area contributed by atoms with Gasteiger partial charge in [0.05, 0.1) is 13.2 Å². The van der Waals surface area contributed by atoms with Gasteiger partial charge in [-0.05, 0) is 48.4 Å². The first-order valence-corrected chi connectivity index (χ1v) is 9.73. The Kier molecular flexibility index (Phi) is 6.95. The number of piperidine rings is 1. The van der Waals surface area contributed by atoms with E-state index in [2.05, 4.69) is 10.6 Å². The molecule has 0 spiro atoms. The fraction of sp³-hybridized carbons (Fsp3) is 0.333. The number of hydrogen-bond acceptors (Lipinski definition) is 4. The summed E-state index contributed by atoms with van der Waals surface area (Å²) in [4.78, 5) is 26.1. The number of nitrogens with one attached hydrogen (secondary N) is 2. The van der Waals surface area contributed by atoms with Gasteiger partial charge < -0.3 is 25.4 Å². The van der Waals surface area contributed by atoms with Crippen LogP contribution in [-0.4, -0.2) is 54.8 Å². The van der Waals surface area contributed by atoms with Gasteiger partial charge >= 0.3 is 6.03 Å².